The number of amides is 2. The van der Waals surface area contributed by atoms with Gasteiger partial charge in [0.2, 0.25) is 11.8 Å². The monoisotopic (exact) mass is 345 g/mol. The maximum absolute atomic E-state index is 12.7. The van der Waals surface area contributed by atoms with Gasteiger partial charge in [-0.15, -0.1) is 0 Å². The molecule has 2 fully saturated rings. The average molecular weight is 345 g/mol. The zero-order valence-electron chi connectivity index (χ0n) is 14.9. The lowest BCUT2D eigenvalue weighted by atomic mass is 10.0. The van der Waals surface area contributed by atoms with Crippen molar-refractivity contribution in [3.8, 4) is 0 Å². The lowest BCUT2D eigenvalue weighted by Crippen LogP contribution is -2.55. The Hall–Kier alpha value is -1.92. The van der Waals surface area contributed by atoms with Crippen molar-refractivity contribution in [3.05, 3.63) is 35.4 Å². The first-order valence-corrected chi connectivity index (χ1v) is 8.96. The number of piperazine rings is 1. The third kappa shape index (κ3) is 3.85. The average Bonchev–Trinajstić information content (AvgIpc) is 2.97. The lowest BCUT2D eigenvalue weighted by molar-refractivity contribution is -0.134. The van der Waals surface area contributed by atoms with E-state index < -0.39 is 6.10 Å². The second-order valence-electron chi connectivity index (χ2n) is 7.13. The quantitative estimate of drug-likeness (QED) is 0.824. The molecule has 0 unspecified atom stereocenters. The van der Waals surface area contributed by atoms with Crippen LogP contribution in [-0.2, 0) is 16.0 Å². The molecule has 25 heavy (non-hydrogen) atoms. The van der Waals surface area contributed by atoms with Crippen LogP contribution in [0, 0.1) is 6.92 Å². The predicted octanol–water partition coefficient (Wildman–Crippen LogP) is 0.320. The molecule has 1 aliphatic carbocycles. The van der Waals surface area contributed by atoms with E-state index in [1.165, 1.54) is 0 Å². The van der Waals surface area contributed by atoms with Crippen LogP contribution in [0.5, 0.6) is 0 Å². The molecule has 2 amide bonds. The summed E-state index contributed by atoms with van der Waals surface area (Å²) >= 11 is 0. The largest absolute Gasteiger partial charge is 0.389 e. The Kier molecular flexibility index (Phi) is 5.39. The maximum Gasteiger partial charge on any atom is 0.234 e. The topological polar surface area (TPSA) is 72.9 Å². The molecule has 1 saturated carbocycles. The van der Waals surface area contributed by atoms with Gasteiger partial charge < -0.3 is 15.3 Å². The number of nitrogens with one attached hydrogen (secondary N) is 1. The van der Waals surface area contributed by atoms with Crippen LogP contribution in [0.1, 0.15) is 24.0 Å². The molecule has 3 atom stereocenters. The van der Waals surface area contributed by atoms with E-state index in [9.17, 15) is 14.7 Å². The van der Waals surface area contributed by atoms with Gasteiger partial charge in [0.25, 0.3) is 0 Å². The van der Waals surface area contributed by atoms with Crippen LogP contribution < -0.4 is 5.32 Å². The number of rotatable bonds is 4. The van der Waals surface area contributed by atoms with Crippen LogP contribution in [0.3, 0.4) is 0 Å². The van der Waals surface area contributed by atoms with Gasteiger partial charge in [-0.1, -0.05) is 24.3 Å². The van der Waals surface area contributed by atoms with Gasteiger partial charge in [0.05, 0.1) is 25.1 Å². The van der Waals surface area contributed by atoms with E-state index in [1.54, 1.807) is 11.9 Å². The molecule has 6 nitrogen and oxygen atoms in total. The van der Waals surface area contributed by atoms with Gasteiger partial charge in [0.1, 0.15) is 0 Å². The molecule has 2 aliphatic rings. The minimum atomic E-state index is -0.614. The van der Waals surface area contributed by atoms with E-state index in [0.29, 0.717) is 19.5 Å². The fourth-order valence-electron chi connectivity index (χ4n) is 3.98. The van der Waals surface area contributed by atoms with Crippen LogP contribution in [0.2, 0.25) is 0 Å². The molecule has 0 aromatic heterocycles. The van der Waals surface area contributed by atoms with Crippen LogP contribution in [0.15, 0.2) is 24.3 Å². The molecular weight excluding hydrogens is 318 g/mol. The molecule has 0 radical (unpaired) electrons. The molecule has 3 rings (SSSR count). The molecule has 0 spiro atoms. The molecule has 1 aliphatic heterocycles. The Balaban J connectivity index is 1.62. The van der Waals surface area contributed by atoms with Crippen molar-refractivity contribution in [2.24, 2.45) is 0 Å². The minimum absolute atomic E-state index is 0.00545. The summed E-state index contributed by atoms with van der Waals surface area (Å²) in [6.07, 6.45) is 1.31. The van der Waals surface area contributed by atoms with E-state index >= 15 is 0 Å². The molecule has 136 valence electrons. The molecule has 1 aromatic carbocycles. The summed E-state index contributed by atoms with van der Waals surface area (Å²) in [5.41, 5.74) is 2.13. The highest BCUT2D eigenvalue weighted by Gasteiger charge is 2.42. The molecule has 0 bridgehead atoms. The number of aliphatic hydroxyl groups is 1. The first-order valence-electron chi connectivity index (χ1n) is 8.96. The smallest absolute Gasteiger partial charge is 0.234 e. The number of benzene rings is 1. The number of aliphatic hydroxyl groups excluding tert-OH is 1. The number of hydrogen-bond donors (Lipinski definition) is 2. The Morgan fingerprint density at radius 3 is 2.84 bits per heavy atom. The third-order valence-electron chi connectivity index (χ3n) is 5.58. The SMILES string of the molecule is Cc1ccccc1CC(=O)N(C)[C@@H]1CC[C@@H](N2CCNC(=O)C2)[C@@H]1O. The number of likely N-dealkylation sites (N-methyl/N-ethyl adjacent to an activating group) is 1. The molecular formula is C19H27N3O3. The van der Waals surface area contributed by atoms with Gasteiger partial charge in [0.15, 0.2) is 0 Å². The van der Waals surface area contributed by atoms with E-state index in [1.807, 2.05) is 36.1 Å². The standard InChI is InChI=1S/C19H27N3O3/c1-13-5-3-4-6-14(13)11-18(24)21(2)15-7-8-16(19(15)25)22-10-9-20-17(23)12-22/h3-6,15-16,19,25H,7-12H2,1-2H3,(H,20,23)/t15-,16-,19-/m1/s1. The highest BCUT2D eigenvalue weighted by molar-refractivity contribution is 5.79. The third-order valence-corrected chi connectivity index (χ3v) is 5.58. The van der Waals surface area contributed by atoms with E-state index in [4.69, 9.17) is 0 Å². The van der Waals surface area contributed by atoms with Gasteiger partial charge in [-0.25, -0.2) is 0 Å². The van der Waals surface area contributed by atoms with Gasteiger partial charge in [-0.3, -0.25) is 14.5 Å². The Morgan fingerprint density at radius 1 is 1.36 bits per heavy atom. The molecule has 2 N–H and O–H groups in total. The fourth-order valence-corrected chi connectivity index (χ4v) is 3.98. The first-order chi connectivity index (χ1) is 12.0. The van der Waals surface area contributed by atoms with Crippen molar-refractivity contribution < 1.29 is 14.7 Å². The van der Waals surface area contributed by atoms with Crippen LogP contribution in [0.4, 0.5) is 0 Å². The molecule has 1 saturated heterocycles. The van der Waals surface area contributed by atoms with E-state index in [0.717, 1.165) is 30.5 Å². The predicted molar refractivity (Wildman–Crippen MR) is 95.1 cm³/mol. The van der Waals surface area contributed by atoms with Crippen LogP contribution in [0.25, 0.3) is 0 Å². The molecule has 1 aromatic rings. The summed E-state index contributed by atoms with van der Waals surface area (Å²) in [6, 6.07) is 7.65. The van der Waals surface area contributed by atoms with Gasteiger partial charge in [-0.05, 0) is 30.9 Å². The Morgan fingerprint density at radius 2 is 2.12 bits per heavy atom. The van der Waals surface area contributed by atoms with Crippen molar-refractivity contribution >= 4 is 11.8 Å². The Bertz CT molecular complexity index is 649. The second kappa shape index (κ2) is 7.54. The van der Waals surface area contributed by atoms with Crippen molar-refractivity contribution in [2.45, 2.75) is 44.4 Å². The number of nitrogens with zero attached hydrogens (tertiary/aromatic N) is 2. The van der Waals surface area contributed by atoms with Gasteiger partial charge in [-0.2, -0.15) is 0 Å². The van der Waals surface area contributed by atoms with E-state index in [-0.39, 0.29) is 23.9 Å². The number of hydrogen-bond acceptors (Lipinski definition) is 4. The fraction of sp³-hybridized carbons (Fsp3) is 0.579. The summed E-state index contributed by atoms with van der Waals surface area (Å²) in [6.45, 7) is 3.70. The maximum atomic E-state index is 12.7. The second-order valence-corrected chi connectivity index (χ2v) is 7.13. The van der Waals surface area contributed by atoms with Crippen LogP contribution >= 0.6 is 0 Å². The number of aryl methyl sites for hydroxylation is 1. The number of carbonyl (C=O) groups excluding carboxylic acids is 2. The van der Waals surface area contributed by atoms with Gasteiger partial charge in [0, 0.05) is 26.2 Å². The Labute approximate surface area is 148 Å². The zero-order chi connectivity index (χ0) is 18.0. The lowest BCUT2D eigenvalue weighted by Gasteiger charge is -2.36. The highest BCUT2D eigenvalue weighted by atomic mass is 16.3. The zero-order valence-corrected chi connectivity index (χ0v) is 14.9. The van der Waals surface area contributed by atoms with Crippen molar-refractivity contribution in [3.63, 3.8) is 0 Å². The normalized spacial score (nSPS) is 27.2. The number of carbonyl (C=O) groups is 2. The molecule has 6 heteroatoms. The summed E-state index contributed by atoms with van der Waals surface area (Å²) in [5, 5.41) is 13.6. The summed E-state index contributed by atoms with van der Waals surface area (Å²) in [7, 11) is 1.78. The van der Waals surface area contributed by atoms with Crippen molar-refractivity contribution in [2.75, 3.05) is 26.7 Å². The highest BCUT2D eigenvalue weighted by Crippen LogP contribution is 2.29. The summed E-state index contributed by atoms with van der Waals surface area (Å²) in [5.74, 6) is 0.0290. The van der Waals surface area contributed by atoms with Crippen molar-refractivity contribution in [1.29, 1.82) is 0 Å². The summed E-state index contributed by atoms with van der Waals surface area (Å²) in [4.78, 5) is 28.0. The minimum Gasteiger partial charge on any atom is -0.389 e. The van der Waals surface area contributed by atoms with Gasteiger partial charge >= 0.3 is 0 Å². The van der Waals surface area contributed by atoms with E-state index in [2.05, 4.69) is 5.32 Å². The summed E-state index contributed by atoms with van der Waals surface area (Å²) < 4.78 is 0. The van der Waals surface area contributed by atoms with Crippen LogP contribution in [-0.4, -0.2) is 71.6 Å². The van der Waals surface area contributed by atoms with Crippen molar-refractivity contribution in [1.82, 2.24) is 15.1 Å². The molecule has 1 heterocycles. The first kappa shape index (κ1) is 17.9.